The van der Waals surface area contributed by atoms with Gasteiger partial charge in [-0.2, -0.15) is 5.10 Å². The average Bonchev–Trinajstić information content (AvgIpc) is 3.33. The number of carbonyl (C=O) groups is 1. The summed E-state index contributed by atoms with van der Waals surface area (Å²) in [5.74, 6) is 0.928. The molecule has 8 heteroatoms. The molecule has 3 heterocycles. The fraction of sp³-hybridized carbons (Fsp3) is 0.0500. The Hall–Kier alpha value is -4.07. The minimum absolute atomic E-state index is 0.179. The van der Waals surface area contributed by atoms with Crippen LogP contribution in [-0.2, 0) is 0 Å². The number of aromatic amines is 1. The Labute approximate surface area is 159 Å². The Morgan fingerprint density at radius 1 is 1.04 bits per heavy atom. The smallest absolute Gasteiger partial charge is 0.276 e. The van der Waals surface area contributed by atoms with Gasteiger partial charge in [0.05, 0.1) is 11.2 Å². The van der Waals surface area contributed by atoms with Crippen molar-refractivity contribution in [2.75, 3.05) is 17.8 Å². The molecule has 0 spiro atoms. The highest BCUT2D eigenvalue weighted by molar-refractivity contribution is 6.11. The number of pyridine rings is 1. The molecule has 8 nitrogen and oxygen atoms in total. The Kier molecular flexibility index (Phi) is 3.61. The summed E-state index contributed by atoms with van der Waals surface area (Å²) in [5.41, 5.74) is 9.82. The van der Waals surface area contributed by atoms with E-state index in [2.05, 4.69) is 20.5 Å². The Bertz CT molecular complexity index is 1220. The highest BCUT2D eigenvalue weighted by atomic mass is 16.7. The molecule has 0 bridgehead atoms. The van der Waals surface area contributed by atoms with E-state index in [1.54, 1.807) is 30.6 Å². The van der Waals surface area contributed by atoms with Crippen molar-refractivity contribution in [3.05, 3.63) is 60.6 Å². The number of hydrogen-bond acceptors (Lipinski definition) is 6. The maximum absolute atomic E-state index is 12.8. The van der Waals surface area contributed by atoms with Gasteiger partial charge in [0.1, 0.15) is 0 Å². The third kappa shape index (κ3) is 2.77. The van der Waals surface area contributed by atoms with E-state index in [1.807, 2.05) is 24.3 Å². The number of H-pyrrole nitrogens is 1. The number of carbonyl (C=O) groups excluding carboxylic acids is 1. The summed E-state index contributed by atoms with van der Waals surface area (Å²) < 4.78 is 10.6. The van der Waals surface area contributed by atoms with Crippen molar-refractivity contribution in [3.63, 3.8) is 0 Å². The molecule has 0 saturated heterocycles. The van der Waals surface area contributed by atoms with Gasteiger partial charge in [0.2, 0.25) is 6.79 Å². The van der Waals surface area contributed by atoms with Crippen molar-refractivity contribution in [2.24, 2.45) is 0 Å². The maximum atomic E-state index is 12.8. The van der Waals surface area contributed by atoms with Gasteiger partial charge in [0.25, 0.3) is 5.91 Å². The van der Waals surface area contributed by atoms with Crippen molar-refractivity contribution >= 4 is 28.2 Å². The van der Waals surface area contributed by atoms with E-state index in [0.29, 0.717) is 34.0 Å². The number of nitrogens with zero attached hydrogens (tertiary/aromatic N) is 2. The SMILES string of the molecule is Nc1cncc(-c2ccc3[nH]nc(C(=O)Nc4ccc5c(c4)OCO5)c3c2)c1. The zero-order valence-corrected chi connectivity index (χ0v) is 14.6. The number of benzene rings is 2. The Morgan fingerprint density at radius 2 is 1.93 bits per heavy atom. The molecule has 5 rings (SSSR count). The Balaban J connectivity index is 1.48. The fourth-order valence-electron chi connectivity index (χ4n) is 3.15. The second-order valence-electron chi connectivity index (χ2n) is 6.36. The molecular formula is C20H15N5O3. The molecule has 4 aromatic rings. The van der Waals surface area contributed by atoms with E-state index in [-0.39, 0.29) is 12.7 Å². The normalized spacial score (nSPS) is 12.3. The van der Waals surface area contributed by atoms with Gasteiger partial charge in [0, 0.05) is 35.1 Å². The van der Waals surface area contributed by atoms with Crippen molar-refractivity contribution in [3.8, 4) is 22.6 Å². The lowest BCUT2D eigenvalue weighted by Gasteiger charge is -2.06. The zero-order valence-electron chi connectivity index (χ0n) is 14.6. The van der Waals surface area contributed by atoms with E-state index in [9.17, 15) is 4.79 Å². The molecule has 0 atom stereocenters. The average molecular weight is 373 g/mol. The predicted octanol–water partition coefficient (Wildman–Crippen LogP) is 3.19. The summed E-state index contributed by atoms with van der Waals surface area (Å²) in [6, 6.07) is 12.8. The predicted molar refractivity (Wildman–Crippen MR) is 104 cm³/mol. The monoisotopic (exact) mass is 373 g/mol. The van der Waals surface area contributed by atoms with Crippen molar-refractivity contribution < 1.29 is 14.3 Å². The van der Waals surface area contributed by atoms with Gasteiger partial charge in [-0.3, -0.25) is 14.9 Å². The maximum Gasteiger partial charge on any atom is 0.276 e. The van der Waals surface area contributed by atoms with Crippen LogP contribution in [-0.4, -0.2) is 27.9 Å². The summed E-state index contributed by atoms with van der Waals surface area (Å²) in [4.78, 5) is 16.9. The van der Waals surface area contributed by atoms with Gasteiger partial charge >= 0.3 is 0 Å². The molecule has 0 saturated carbocycles. The first-order valence-electron chi connectivity index (χ1n) is 8.57. The summed E-state index contributed by atoms with van der Waals surface area (Å²) >= 11 is 0. The first-order valence-corrected chi connectivity index (χ1v) is 8.57. The molecule has 28 heavy (non-hydrogen) atoms. The van der Waals surface area contributed by atoms with Crippen LogP contribution in [0.15, 0.2) is 54.9 Å². The van der Waals surface area contributed by atoms with Gasteiger partial charge in [-0.25, -0.2) is 0 Å². The van der Waals surface area contributed by atoms with Crippen LogP contribution in [0.2, 0.25) is 0 Å². The fourth-order valence-corrected chi connectivity index (χ4v) is 3.15. The van der Waals surface area contributed by atoms with Crippen molar-refractivity contribution in [2.45, 2.75) is 0 Å². The first-order chi connectivity index (χ1) is 13.7. The minimum Gasteiger partial charge on any atom is -0.454 e. The van der Waals surface area contributed by atoms with Crippen LogP contribution >= 0.6 is 0 Å². The lowest BCUT2D eigenvalue weighted by molar-refractivity contribution is 0.102. The highest BCUT2D eigenvalue weighted by Crippen LogP contribution is 2.34. The van der Waals surface area contributed by atoms with E-state index >= 15 is 0 Å². The molecule has 1 aliphatic heterocycles. The number of aromatic nitrogens is 3. The third-order valence-electron chi connectivity index (χ3n) is 4.50. The topological polar surface area (TPSA) is 115 Å². The second-order valence-corrected chi connectivity index (χ2v) is 6.36. The molecule has 0 fully saturated rings. The lowest BCUT2D eigenvalue weighted by atomic mass is 10.0. The molecule has 0 unspecified atom stereocenters. The zero-order chi connectivity index (χ0) is 19.1. The largest absolute Gasteiger partial charge is 0.454 e. The van der Waals surface area contributed by atoms with Crippen LogP contribution in [0.1, 0.15) is 10.5 Å². The molecule has 1 aliphatic rings. The molecule has 4 N–H and O–H groups in total. The number of fused-ring (bicyclic) bond motifs is 2. The van der Waals surface area contributed by atoms with Gasteiger partial charge < -0.3 is 20.5 Å². The van der Waals surface area contributed by atoms with Crippen molar-refractivity contribution in [1.29, 1.82) is 0 Å². The van der Waals surface area contributed by atoms with Crippen LogP contribution in [0.25, 0.3) is 22.0 Å². The standard InChI is InChI=1S/C20H15N5O3/c21-13-5-12(8-22-9-13)11-1-3-16-15(6-11)19(25-24-16)20(26)23-14-2-4-17-18(7-14)28-10-27-17/h1-9H,10,21H2,(H,23,26)(H,24,25). The van der Waals surface area contributed by atoms with Crippen LogP contribution in [0, 0.1) is 0 Å². The summed E-state index contributed by atoms with van der Waals surface area (Å²) in [5, 5.41) is 10.6. The van der Waals surface area contributed by atoms with Crippen LogP contribution in [0.3, 0.4) is 0 Å². The molecule has 0 aliphatic carbocycles. The molecule has 1 amide bonds. The number of nitrogens with one attached hydrogen (secondary N) is 2. The van der Waals surface area contributed by atoms with E-state index < -0.39 is 0 Å². The molecule has 138 valence electrons. The van der Waals surface area contributed by atoms with Gasteiger partial charge in [0.15, 0.2) is 17.2 Å². The number of nitrogens with two attached hydrogens (primary N) is 1. The Morgan fingerprint density at radius 3 is 2.82 bits per heavy atom. The number of nitrogen functional groups attached to an aromatic ring is 1. The minimum atomic E-state index is -0.326. The number of ether oxygens (including phenoxy) is 2. The molecule has 0 radical (unpaired) electrons. The third-order valence-corrected chi connectivity index (χ3v) is 4.50. The summed E-state index contributed by atoms with van der Waals surface area (Å²) in [6.07, 6.45) is 3.31. The lowest BCUT2D eigenvalue weighted by Crippen LogP contribution is -2.12. The summed E-state index contributed by atoms with van der Waals surface area (Å²) in [7, 11) is 0. The van der Waals surface area contributed by atoms with Crippen LogP contribution in [0.4, 0.5) is 11.4 Å². The second kappa shape index (κ2) is 6.27. The molecule has 2 aromatic heterocycles. The summed E-state index contributed by atoms with van der Waals surface area (Å²) in [6.45, 7) is 0.179. The van der Waals surface area contributed by atoms with Gasteiger partial charge in [-0.1, -0.05) is 6.07 Å². The van der Waals surface area contributed by atoms with Crippen LogP contribution < -0.4 is 20.5 Å². The number of hydrogen-bond donors (Lipinski definition) is 3. The first kappa shape index (κ1) is 16.1. The van der Waals surface area contributed by atoms with E-state index in [0.717, 1.165) is 16.6 Å². The number of anilines is 2. The van der Waals surface area contributed by atoms with E-state index in [1.165, 1.54) is 0 Å². The van der Waals surface area contributed by atoms with Gasteiger partial charge in [-0.15, -0.1) is 0 Å². The van der Waals surface area contributed by atoms with Gasteiger partial charge in [-0.05, 0) is 35.9 Å². The van der Waals surface area contributed by atoms with E-state index in [4.69, 9.17) is 15.2 Å². The molecular weight excluding hydrogens is 358 g/mol. The number of rotatable bonds is 3. The number of amides is 1. The quantitative estimate of drug-likeness (QED) is 0.508. The molecule has 2 aromatic carbocycles. The van der Waals surface area contributed by atoms with Crippen LogP contribution in [0.5, 0.6) is 11.5 Å². The van der Waals surface area contributed by atoms with Crippen molar-refractivity contribution in [1.82, 2.24) is 15.2 Å². The highest BCUT2D eigenvalue weighted by Gasteiger charge is 2.18.